The second-order valence-corrected chi connectivity index (χ2v) is 6.78. The van der Waals surface area contributed by atoms with E-state index >= 15 is 0 Å². The number of fused-ring (bicyclic) bond motifs is 1. The maximum absolute atomic E-state index is 9.81. The zero-order chi connectivity index (χ0) is 17.9. The number of aromatic hydroxyl groups is 1. The second-order valence-electron chi connectivity index (χ2n) is 5.49. The summed E-state index contributed by atoms with van der Waals surface area (Å²) in [6, 6.07) is 14.6. The third-order valence-electron chi connectivity index (χ3n) is 3.84. The average molecular weight is 381 g/mol. The highest BCUT2D eigenvalue weighted by Gasteiger charge is 2.12. The van der Waals surface area contributed by atoms with E-state index in [0.717, 1.165) is 21.3 Å². The van der Waals surface area contributed by atoms with E-state index in [4.69, 9.17) is 11.6 Å². The normalized spacial score (nSPS) is 11.3. The third kappa shape index (κ3) is 3.24. The van der Waals surface area contributed by atoms with E-state index < -0.39 is 0 Å². The lowest BCUT2D eigenvalue weighted by atomic mass is 10.1. The van der Waals surface area contributed by atoms with Crippen LogP contribution in [-0.2, 0) is 0 Å². The monoisotopic (exact) mass is 380 g/mol. The molecule has 0 radical (unpaired) electrons. The molecular weight excluding hydrogens is 368 g/mol. The topological polar surface area (TPSA) is 70.4 Å². The summed E-state index contributed by atoms with van der Waals surface area (Å²) in [6.45, 7) is 0. The van der Waals surface area contributed by atoms with E-state index in [9.17, 15) is 5.11 Å². The SMILES string of the molecule is Oc1ccccc1/C=N/Nc1ncnc2scc(-c3ccc(Cl)cc3)c12. The number of phenols is 1. The van der Waals surface area contributed by atoms with Gasteiger partial charge in [-0.3, -0.25) is 5.43 Å². The molecule has 0 spiro atoms. The molecule has 0 aliphatic heterocycles. The Morgan fingerprint density at radius 3 is 2.69 bits per heavy atom. The standard InChI is InChI=1S/C19H13ClN4OS/c20-14-7-5-12(6-8-14)15-10-26-19-17(15)18(21-11-22-19)24-23-9-13-3-1-2-4-16(13)25/h1-11,25H,(H,21,22,24)/b23-9+. The summed E-state index contributed by atoms with van der Waals surface area (Å²) in [5, 5.41) is 17.6. The number of hydrogen-bond acceptors (Lipinski definition) is 6. The van der Waals surface area contributed by atoms with Crippen LogP contribution in [-0.4, -0.2) is 21.3 Å². The molecule has 0 saturated heterocycles. The van der Waals surface area contributed by atoms with Crippen molar-refractivity contribution in [2.24, 2.45) is 5.10 Å². The van der Waals surface area contributed by atoms with Gasteiger partial charge in [-0.2, -0.15) is 5.10 Å². The summed E-state index contributed by atoms with van der Waals surface area (Å²) in [5.74, 6) is 0.774. The van der Waals surface area contributed by atoms with E-state index in [0.29, 0.717) is 16.4 Å². The van der Waals surface area contributed by atoms with Crippen LogP contribution in [0.15, 0.2) is 65.3 Å². The molecule has 128 valence electrons. The fraction of sp³-hybridized carbons (Fsp3) is 0. The molecule has 5 nitrogen and oxygen atoms in total. The number of aromatic nitrogens is 2. The first kappa shape index (κ1) is 16.5. The zero-order valence-corrected chi connectivity index (χ0v) is 15.0. The van der Waals surface area contributed by atoms with Gasteiger partial charge in [0, 0.05) is 21.5 Å². The smallest absolute Gasteiger partial charge is 0.159 e. The number of rotatable bonds is 4. The number of hydrogen-bond donors (Lipinski definition) is 2. The van der Waals surface area contributed by atoms with Crippen molar-refractivity contribution in [1.29, 1.82) is 0 Å². The van der Waals surface area contributed by atoms with Crippen molar-refractivity contribution < 1.29 is 5.11 Å². The Morgan fingerprint density at radius 2 is 1.88 bits per heavy atom. The number of phenolic OH excluding ortho intramolecular Hbond substituents is 1. The molecule has 2 aromatic heterocycles. The van der Waals surface area contributed by atoms with E-state index in [1.165, 1.54) is 6.33 Å². The summed E-state index contributed by atoms with van der Waals surface area (Å²) in [6.07, 6.45) is 3.06. The molecule has 0 amide bonds. The molecule has 0 saturated carbocycles. The Hall–Kier alpha value is -2.96. The van der Waals surface area contributed by atoms with E-state index in [-0.39, 0.29) is 5.75 Å². The Morgan fingerprint density at radius 1 is 1.08 bits per heavy atom. The van der Waals surface area contributed by atoms with E-state index in [2.05, 4.69) is 20.5 Å². The highest BCUT2D eigenvalue weighted by atomic mass is 35.5. The molecule has 26 heavy (non-hydrogen) atoms. The van der Waals surface area contributed by atoms with Crippen LogP contribution in [0.5, 0.6) is 5.75 Å². The molecule has 0 unspecified atom stereocenters. The van der Waals surface area contributed by atoms with Crippen molar-refractivity contribution in [2.45, 2.75) is 0 Å². The summed E-state index contributed by atoms with van der Waals surface area (Å²) in [5.41, 5.74) is 5.62. The quantitative estimate of drug-likeness (QED) is 0.379. The molecule has 0 aliphatic carbocycles. The molecule has 0 fully saturated rings. The molecule has 7 heteroatoms. The highest BCUT2D eigenvalue weighted by Crippen LogP contribution is 2.36. The minimum Gasteiger partial charge on any atom is -0.507 e. The lowest BCUT2D eigenvalue weighted by Gasteiger charge is -2.05. The van der Waals surface area contributed by atoms with Crippen LogP contribution >= 0.6 is 22.9 Å². The maximum atomic E-state index is 9.81. The summed E-state index contributed by atoms with van der Waals surface area (Å²) >= 11 is 7.53. The molecule has 4 aromatic rings. The number of anilines is 1. The maximum Gasteiger partial charge on any atom is 0.159 e. The van der Waals surface area contributed by atoms with Gasteiger partial charge in [-0.05, 0) is 29.8 Å². The van der Waals surface area contributed by atoms with Crippen LogP contribution < -0.4 is 5.43 Å². The Bertz CT molecular complexity index is 1090. The first-order valence-corrected chi connectivity index (χ1v) is 9.03. The molecule has 4 rings (SSSR count). The van der Waals surface area contributed by atoms with E-state index in [1.807, 2.05) is 35.7 Å². The Kier molecular flexibility index (Phi) is 4.51. The molecule has 0 atom stereocenters. The van der Waals surface area contributed by atoms with Gasteiger partial charge in [-0.15, -0.1) is 11.3 Å². The predicted molar refractivity (Wildman–Crippen MR) is 107 cm³/mol. The minimum atomic E-state index is 0.170. The van der Waals surface area contributed by atoms with Crippen molar-refractivity contribution in [3.63, 3.8) is 0 Å². The van der Waals surface area contributed by atoms with Gasteiger partial charge in [0.1, 0.15) is 16.9 Å². The van der Waals surface area contributed by atoms with Gasteiger partial charge in [-0.1, -0.05) is 35.9 Å². The molecule has 2 N–H and O–H groups in total. The van der Waals surface area contributed by atoms with Crippen molar-refractivity contribution in [2.75, 3.05) is 5.43 Å². The fourth-order valence-electron chi connectivity index (χ4n) is 2.56. The summed E-state index contributed by atoms with van der Waals surface area (Å²) in [7, 11) is 0. The Labute approximate surface area is 158 Å². The van der Waals surface area contributed by atoms with Crippen molar-refractivity contribution >= 4 is 45.2 Å². The third-order valence-corrected chi connectivity index (χ3v) is 4.97. The lowest BCUT2D eigenvalue weighted by molar-refractivity contribution is 0.474. The minimum absolute atomic E-state index is 0.170. The first-order chi connectivity index (χ1) is 12.7. The molecule has 0 bridgehead atoms. The highest BCUT2D eigenvalue weighted by molar-refractivity contribution is 7.17. The number of benzene rings is 2. The van der Waals surface area contributed by atoms with E-state index in [1.54, 1.807) is 35.8 Å². The summed E-state index contributed by atoms with van der Waals surface area (Å²) < 4.78 is 0. The van der Waals surface area contributed by atoms with Crippen molar-refractivity contribution in [3.05, 3.63) is 70.8 Å². The van der Waals surface area contributed by atoms with Crippen LogP contribution in [0.25, 0.3) is 21.3 Å². The van der Waals surface area contributed by atoms with Crippen LogP contribution in [0.1, 0.15) is 5.56 Å². The number of para-hydroxylation sites is 1. The van der Waals surface area contributed by atoms with Crippen LogP contribution in [0.3, 0.4) is 0 Å². The largest absolute Gasteiger partial charge is 0.507 e. The Balaban J connectivity index is 1.70. The fourth-order valence-corrected chi connectivity index (χ4v) is 3.60. The molecule has 2 aromatic carbocycles. The molecular formula is C19H13ClN4OS. The average Bonchev–Trinajstić information content (AvgIpc) is 3.09. The molecule has 0 aliphatic rings. The lowest BCUT2D eigenvalue weighted by Crippen LogP contribution is -1.95. The predicted octanol–water partition coefficient (Wildman–Crippen LogP) is 5.16. The number of thiophene rings is 1. The second kappa shape index (κ2) is 7.11. The van der Waals surface area contributed by atoms with Gasteiger partial charge in [0.25, 0.3) is 0 Å². The number of nitrogens with one attached hydrogen (secondary N) is 1. The van der Waals surface area contributed by atoms with Crippen LogP contribution in [0, 0.1) is 0 Å². The van der Waals surface area contributed by atoms with Gasteiger partial charge in [0.2, 0.25) is 0 Å². The number of nitrogens with zero attached hydrogens (tertiary/aromatic N) is 3. The van der Waals surface area contributed by atoms with Crippen LogP contribution in [0.2, 0.25) is 5.02 Å². The van der Waals surface area contributed by atoms with Crippen LogP contribution in [0.4, 0.5) is 5.82 Å². The first-order valence-electron chi connectivity index (χ1n) is 7.77. The van der Waals surface area contributed by atoms with Gasteiger partial charge in [0.15, 0.2) is 5.82 Å². The van der Waals surface area contributed by atoms with Gasteiger partial charge >= 0.3 is 0 Å². The van der Waals surface area contributed by atoms with Crippen molar-refractivity contribution in [3.8, 4) is 16.9 Å². The molecule has 2 heterocycles. The van der Waals surface area contributed by atoms with Crippen molar-refractivity contribution in [1.82, 2.24) is 9.97 Å². The zero-order valence-electron chi connectivity index (χ0n) is 13.4. The van der Waals surface area contributed by atoms with Gasteiger partial charge in [-0.25, -0.2) is 9.97 Å². The van der Waals surface area contributed by atoms with Gasteiger partial charge < -0.3 is 5.11 Å². The number of hydrazone groups is 1. The summed E-state index contributed by atoms with van der Waals surface area (Å²) in [4.78, 5) is 9.52. The number of halogens is 1. The van der Waals surface area contributed by atoms with Gasteiger partial charge in [0.05, 0.1) is 11.6 Å².